The maximum Gasteiger partial charge on any atom is 0.237 e. The van der Waals surface area contributed by atoms with Gasteiger partial charge in [0.05, 0.1) is 13.2 Å². The second-order valence-electron chi connectivity index (χ2n) is 3.55. The van der Waals surface area contributed by atoms with Gasteiger partial charge in [-0.25, -0.2) is 0 Å². The second-order valence-corrected chi connectivity index (χ2v) is 4.33. The summed E-state index contributed by atoms with van der Waals surface area (Å²) in [5.74, 6) is -0.388. The van der Waals surface area contributed by atoms with E-state index in [1.807, 2.05) is 4.90 Å². The van der Waals surface area contributed by atoms with Crippen LogP contribution in [-0.4, -0.2) is 46.2 Å². The van der Waals surface area contributed by atoms with E-state index >= 15 is 0 Å². The fourth-order valence-electron chi connectivity index (χ4n) is 1.61. The lowest BCUT2D eigenvalue weighted by molar-refractivity contribution is -0.129. The summed E-state index contributed by atoms with van der Waals surface area (Å²) >= 11 is 1.15. The van der Waals surface area contributed by atoms with Crippen LogP contribution in [0.1, 0.15) is 5.69 Å². The van der Waals surface area contributed by atoms with Gasteiger partial charge in [0.25, 0.3) is 0 Å². The van der Waals surface area contributed by atoms with Gasteiger partial charge in [-0.15, -0.1) is 5.10 Å². The van der Waals surface area contributed by atoms with E-state index in [1.54, 1.807) is 0 Å². The number of amides is 1. The number of nitrogens with two attached hydrogens (primary N) is 2. The van der Waals surface area contributed by atoms with Crippen LogP contribution in [-0.2, 0) is 16.1 Å². The Labute approximate surface area is 96.5 Å². The molecule has 1 unspecified atom stereocenters. The van der Waals surface area contributed by atoms with Gasteiger partial charge in [0.15, 0.2) is 0 Å². The molecule has 1 aromatic heterocycles. The van der Waals surface area contributed by atoms with Crippen molar-refractivity contribution in [2.75, 3.05) is 25.5 Å². The predicted octanol–water partition coefficient (Wildman–Crippen LogP) is -1.19. The third-order valence-electron chi connectivity index (χ3n) is 2.51. The zero-order valence-corrected chi connectivity index (χ0v) is 9.44. The van der Waals surface area contributed by atoms with E-state index in [4.69, 9.17) is 16.2 Å². The summed E-state index contributed by atoms with van der Waals surface area (Å²) in [6.07, 6.45) is 0. The molecule has 1 amide bonds. The number of carbonyl (C=O) groups is 1. The van der Waals surface area contributed by atoms with Gasteiger partial charge in [-0.3, -0.25) is 9.69 Å². The molecule has 88 valence electrons. The van der Waals surface area contributed by atoms with Crippen molar-refractivity contribution in [1.29, 1.82) is 0 Å². The van der Waals surface area contributed by atoms with Gasteiger partial charge in [0, 0.05) is 24.6 Å². The van der Waals surface area contributed by atoms with E-state index in [-0.39, 0.29) is 5.91 Å². The van der Waals surface area contributed by atoms with Crippen LogP contribution in [0.25, 0.3) is 0 Å². The number of carbonyl (C=O) groups excluding carboxylic acids is 1. The monoisotopic (exact) mass is 243 g/mol. The molecule has 1 atom stereocenters. The number of morpholine rings is 1. The first-order chi connectivity index (χ1) is 7.68. The molecule has 0 aliphatic carbocycles. The molecule has 1 aliphatic heterocycles. The molecule has 1 aromatic rings. The molecule has 0 saturated carbocycles. The third kappa shape index (κ3) is 2.29. The SMILES string of the molecule is NC(=O)C1COCCN1Cc1nnsc1N. The van der Waals surface area contributed by atoms with Crippen molar-refractivity contribution < 1.29 is 9.53 Å². The third-order valence-corrected chi connectivity index (χ3v) is 3.10. The Hall–Kier alpha value is -1.25. The van der Waals surface area contributed by atoms with Crippen molar-refractivity contribution in [1.82, 2.24) is 14.5 Å². The van der Waals surface area contributed by atoms with Crippen molar-refractivity contribution in [2.24, 2.45) is 5.73 Å². The van der Waals surface area contributed by atoms with E-state index < -0.39 is 6.04 Å². The van der Waals surface area contributed by atoms with Gasteiger partial charge in [0.2, 0.25) is 5.91 Å². The summed E-state index contributed by atoms with van der Waals surface area (Å²) in [6.45, 7) is 2.04. The standard InChI is InChI=1S/C8H13N5O2S/c9-7(14)6-4-15-2-1-13(6)3-5-8(10)16-12-11-5/h6H,1-4,10H2,(H2,9,14). The predicted molar refractivity (Wildman–Crippen MR) is 58.5 cm³/mol. The molecule has 4 N–H and O–H groups in total. The van der Waals surface area contributed by atoms with Crippen LogP contribution in [0.5, 0.6) is 0 Å². The highest BCUT2D eigenvalue weighted by atomic mass is 32.1. The molecule has 0 radical (unpaired) electrons. The van der Waals surface area contributed by atoms with Gasteiger partial charge in [-0.05, 0) is 0 Å². The summed E-state index contributed by atoms with van der Waals surface area (Å²) in [4.78, 5) is 13.1. The number of hydrogen-bond acceptors (Lipinski definition) is 7. The number of primary amides is 1. The summed E-state index contributed by atoms with van der Waals surface area (Å²) < 4.78 is 8.97. The Morgan fingerprint density at radius 3 is 3.12 bits per heavy atom. The number of aromatic nitrogens is 2. The number of hydrogen-bond donors (Lipinski definition) is 2. The highest BCUT2D eigenvalue weighted by molar-refractivity contribution is 7.09. The van der Waals surface area contributed by atoms with Crippen LogP contribution in [0.4, 0.5) is 5.00 Å². The highest BCUT2D eigenvalue weighted by Gasteiger charge is 2.28. The smallest absolute Gasteiger partial charge is 0.237 e. The van der Waals surface area contributed by atoms with Crippen molar-refractivity contribution in [3.8, 4) is 0 Å². The fourth-order valence-corrected chi connectivity index (χ4v) is 2.04. The molecular formula is C8H13N5O2S. The molecular weight excluding hydrogens is 230 g/mol. The number of ether oxygens (including phenoxy) is 1. The topological polar surface area (TPSA) is 107 Å². The van der Waals surface area contributed by atoms with E-state index in [1.165, 1.54) is 0 Å². The van der Waals surface area contributed by atoms with E-state index in [0.717, 1.165) is 11.5 Å². The van der Waals surface area contributed by atoms with E-state index in [0.29, 0.717) is 37.0 Å². The van der Waals surface area contributed by atoms with Gasteiger partial charge in [0.1, 0.15) is 16.7 Å². The van der Waals surface area contributed by atoms with Crippen LogP contribution < -0.4 is 11.5 Å². The van der Waals surface area contributed by atoms with Crippen LogP contribution in [0.15, 0.2) is 0 Å². The minimum absolute atomic E-state index is 0.326. The fraction of sp³-hybridized carbons (Fsp3) is 0.625. The Balaban J connectivity index is 2.07. The highest BCUT2D eigenvalue weighted by Crippen LogP contribution is 2.17. The first kappa shape index (κ1) is 11.2. The number of rotatable bonds is 3. The summed E-state index contributed by atoms with van der Waals surface area (Å²) in [6, 6.07) is -0.408. The van der Waals surface area contributed by atoms with Gasteiger partial charge in [-0.2, -0.15) is 0 Å². The van der Waals surface area contributed by atoms with Gasteiger partial charge >= 0.3 is 0 Å². The quantitative estimate of drug-likeness (QED) is 0.691. The van der Waals surface area contributed by atoms with Crippen LogP contribution in [0, 0.1) is 0 Å². The van der Waals surface area contributed by atoms with Crippen molar-refractivity contribution >= 4 is 22.4 Å². The number of anilines is 1. The van der Waals surface area contributed by atoms with Crippen molar-refractivity contribution in [3.63, 3.8) is 0 Å². The maximum absolute atomic E-state index is 11.2. The van der Waals surface area contributed by atoms with Gasteiger partial charge in [-0.1, -0.05) is 4.49 Å². The van der Waals surface area contributed by atoms with Crippen LogP contribution in [0.2, 0.25) is 0 Å². The Kier molecular flexibility index (Phi) is 3.32. The molecule has 2 rings (SSSR count). The Morgan fingerprint density at radius 1 is 1.69 bits per heavy atom. The van der Waals surface area contributed by atoms with Crippen molar-refractivity contribution in [3.05, 3.63) is 5.69 Å². The zero-order valence-electron chi connectivity index (χ0n) is 8.63. The molecule has 2 heterocycles. The zero-order chi connectivity index (χ0) is 11.5. The molecule has 1 fully saturated rings. The number of nitrogen functional groups attached to an aromatic ring is 1. The summed E-state index contributed by atoms with van der Waals surface area (Å²) in [5.41, 5.74) is 11.7. The lowest BCUT2D eigenvalue weighted by atomic mass is 10.2. The average Bonchev–Trinajstić information content (AvgIpc) is 2.65. The molecule has 7 nitrogen and oxygen atoms in total. The molecule has 8 heteroatoms. The Bertz CT molecular complexity index is 382. The average molecular weight is 243 g/mol. The van der Waals surface area contributed by atoms with Gasteiger partial charge < -0.3 is 16.2 Å². The summed E-state index contributed by atoms with van der Waals surface area (Å²) in [5, 5.41) is 4.49. The van der Waals surface area contributed by atoms with Crippen LogP contribution >= 0.6 is 11.5 Å². The molecule has 0 bridgehead atoms. The minimum Gasteiger partial charge on any atom is -0.388 e. The Morgan fingerprint density at radius 2 is 2.50 bits per heavy atom. The number of nitrogens with zero attached hydrogens (tertiary/aromatic N) is 3. The van der Waals surface area contributed by atoms with E-state index in [9.17, 15) is 4.79 Å². The second kappa shape index (κ2) is 4.73. The van der Waals surface area contributed by atoms with Crippen molar-refractivity contribution in [2.45, 2.75) is 12.6 Å². The van der Waals surface area contributed by atoms with E-state index in [2.05, 4.69) is 9.59 Å². The van der Waals surface area contributed by atoms with Crippen LogP contribution in [0.3, 0.4) is 0 Å². The lowest BCUT2D eigenvalue weighted by Crippen LogP contribution is -2.51. The molecule has 0 spiro atoms. The molecule has 0 aromatic carbocycles. The normalized spacial score (nSPS) is 22.1. The first-order valence-electron chi connectivity index (χ1n) is 4.86. The maximum atomic E-state index is 11.2. The lowest BCUT2D eigenvalue weighted by Gasteiger charge is -2.32. The molecule has 1 aliphatic rings. The minimum atomic E-state index is -0.408. The molecule has 1 saturated heterocycles. The largest absolute Gasteiger partial charge is 0.388 e. The first-order valence-corrected chi connectivity index (χ1v) is 5.63. The summed E-state index contributed by atoms with van der Waals surface area (Å²) in [7, 11) is 0. The molecule has 16 heavy (non-hydrogen) atoms.